The average molecular weight is 304 g/mol. The zero-order valence-electron chi connectivity index (χ0n) is 13.9. The van der Waals surface area contributed by atoms with Crippen LogP contribution in [-0.2, 0) is 19.5 Å². The SMILES string of the molecule is C=CCCCN(C)C(=NC)NCc1nnc2n1CCCCC2. The number of aromatic nitrogens is 3. The lowest BCUT2D eigenvalue weighted by molar-refractivity contribution is 0.467. The Kier molecular flexibility index (Phi) is 6.43. The monoisotopic (exact) mass is 304 g/mol. The maximum Gasteiger partial charge on any atom is 0.193 e. The molecule has 0 atom stereocenters. The Morgan fingerprint density at radius 3 is 3.05 bits per heavy atom. The number of nitrogens with one attached hydrogen (secondary N) is 1. The second-order valence-corrected chi connectivity index (χ2v) is 5.75. The maximum atomic E-state index is 4.34. The average Bonchev–Trinajstić information content (AvgIpc) is 2.76. The first kappa shape index (κ1) is 16.5. The first-order valence-electron chi connectivity index (χ1n) is 8.20. The van der Waals surface area contributed by atoms with Crippen LogP contribution in [0.15, 0.2) is 17.6 Å². The van der Waals surface area contributed by atoms with Crippen molar-refractivity contribution in [3.63, 3.8) is 0 Å². The van der Waals surface area contributed by atoms with Crippen molar-refractivity contribution in [1.82, 2.24) is 25.0 Å². The summed E-state index contributed by atoms with van der Waals surface area (Å²) in [5.74, 6) is 3.04. The van der Waals surface area contributed by atoms with Crippen LogP contribution in [0.5, 0.6) is 0 Å². The number of guanidine groups is 1. The van der Waals surface area contributed by atoms with Crippen molar-refractivity contribution >= 4 is 5.96 Å². The van der Waals surface area contributed by atoms with Gasteiger partial charge >= 0.3 is 0 Å². The smallest absolute Gasteiger partial charge is 0.193 e. The van der Waals surface area contributed by atoms with Gasteiger partial charge in [-0.15, -0.1) is 16.8 Å². The van der Waals surface area contributed by atoms with Gasteiger partial charge in [0.2, 0.25) is 0 Å². The van der Waals surface area contributed by atoms with Gasteiger partial charge in [0, 0.05) is 33.6 Å². The third-order valence-corrected chi connectivity index (χ3v) is 4.07. The largest absolute Gasteiger partial charge is 0.349 e. The minimum Gasteiger partial charge on any atom is -0.349 e. The number of rotatable bonds is 6. The molecule has 0 aliphatic carbocycles. The number of aliphatic imine (C=N–C) groups is 1. The Balaban J connectivity index is 1.91. The molecule has 1 aliphatic rings. The Morgan fingerprint density at radius 2 is 2.27 bits per heavy atom. The molecule has 1 aliphatic heterocycles. The fourth-order valence-electron chi connectivity index (χ4n) is 2.80. The number of aryl methyl sites for hydroxylation is 1. The number of unbranched alkanes of at least 4 members (excludes halogenated alkanes) is 1. The van der Waals surface area contributed by atoms with Crippen molar-refractivity contribution in [2.45, 2.75) is 51.6 Å². The van der Waals surface area contributed by atoms with E-state index in [2.05, 4.69) is 43.6 Å². The van der Waals surface area contributed by atoms with Gasteiger partial charge in [-0.25, -0.2) is 0 Å². The molecule has 22 heavy (non-hydrogen) atoms. The summed E-state index contributed by atoms with van der Waals surface area (Å²) in [4.78, 5) is 6.49. The first-order chi connectivity index (χ1) is 10.8. The van der Waals surface area contributed by atoms with Crippen LogP contribution in [0.4, 0.5) is 0 Å². The van der Waals surface area contributed by atoms with E-state index in [1.807, 2.05) is 13.1 Å². The molecule has 122 valence electrons. The summed E-state index contributed by atoms with van der Waals surface area (Å²) in [6, 6.07) is 0. The molecule has 1 aromatic rings. The number of nitrogens with zero attached hydrogens (tertiary/aromatic N) is 5. The predicted octanol–water partition coefficient (Wildman–Crippen LogP) is 1.98. The van der Waals surface area contributed by atoms with E-state index in [-0.39, 0.29) is 0 Å². The minimum absolute atomic E-state index is 0.672. The van der Waals surface area contributed by atoms with Crippen molar-refractivity contribution in [2.24, 2.45) is 4.99 Å². The van der Waals surface area contributed by atoms with E-state index in [9.17, 15) is 0 Å². The standard InChI is InChI=1S/C16H28N6/c1-4-5-8-11-21(3)16(17-2)18-13-15-20-19-14-10-7-6-9-12-22(14)15/h4H,1,5-13H2,2-3H3,(H,17,18). The fourth-order valence-corrected chi connectivity index (χ4v) is 2.80. The predicted molar refractivity (Wildman–Crippen MR) is 89.8 cm³/mol. The lowest BCUT2D eigenvalue weighted by Crippen LogP contribution is -2.39. The van der Waals surface area contributed by atoms with Crippen molar-refractivity contribution in [3.8, 4) is 0 Å². The normalized spacial score (nSPS) is 15.1. The summed E-state index contributed by atoms with van der Waals surface area (Å²) < 4.78 is 2.27. The van der Waals surface area contributed by atoms with Gasteiger partial charge in [-0.1, -0.05) is 12.5 Å². The van der Waals surface area contributed by atoms with Crippen molar-refractivity contribution in [3.05, 3.63) is 24.3 Å². The van der Waals surface area contributed by atoms with Crippen LogP contribution in [0, 0.1) is 0 Å². The molecule has 0 saturated heterocycles. The molecule has 6 heteroatoms. The Labute approximate surface area is 133 Å². The lowest BCUT2D eigenvalue weighted by atomic mass is 10.2. The molecule has 1 N–H and O–H groups in total. The third kappa shape index (κ3) is 4.32. The highest BCUT2D eigenvalue weighted by Crippen LogP contribution is 2.14. The van der Waals surface area contributed by atoms with Crippen molar-refractivity contribution in [2.75, 3.05) is 20.6 Å². The van der Waals surface area contributed by atoms with Crippen LogP contribution in [-0.4, -0.2) is 46.3 Å². The maximum absolute atomic E-state index is 4.34. The molecular formula is C16H28N6. The van der Waals surface area contributed by atoms with E-state index in [0.717, 1.165) is 50.0 Å². The highest BCUT2D eigenvalue weighted by atomic mass is 15.3. The van der Waals surface area contributed by atoms with E-state index in [4.69, 9.17) is 0 Å². The summed E-state index contributed by atoms with van der Waals surface area (Å²) in [5, 5.41) is 12.1. The first-order valence-corrected chi connectivity index (χ1v) is 8.20. The van der Waals surface area contributed by atoms with Gasteiger partial charge < -0.3 is 14.8 Å². The molecule has 0 unspecified atom stereocenters. The Morgan fingerprint density at radius 1 is 1.41 bits per heavy atom. The molecular weight excluding hydrogens is 276 g/mol. The molecule has 0 radical (unpaired) electrons. The van der Waals surface area contributed by atoms with Gasteiger partial charge in [0.15, 0.2) is 11.8 Å². The van der Waals surface area contributed by atoms with E-state index >= 15 is 0 Å². The van der Waals surface area contributed by atoms with Crippen LogP contribution >= 0.6 is 0 Å². The van der Waals surface area contributed by atoms with E-state index in [1.165, 1.54) is 19.3 Å². The Bertz CT molecular complexity index is 505. The van der Waals surface area contributed by atoms with E-state index < -0.39 is 0 Å². The second kappa shape index (κ2) is 8.56. The molecule has 1 aromatic heterocycles. The zero-order valence-corrected chi connectivity index (χ0v) is 13.9. The number of hydrogen-bond donors (Lipinski definition) is 1. The summed E-state index contributed by atoms with van der Waals surface area (Å²) in [6.45, 7) is 6.43. The molecule has 0 spiro atoms. The van der Waals surface area contributed by atoms with Gasteiger partial charge in [0.25, 0.3) is 0 Å². The molecule has 0 amide bonds. The second-order valence-electron chi connectivity index (χ2n) is 5.75. The topological polar surface area (TPSA) is 58.3 Å². The van der Waals surface area contributed by atoms with Gasteiger partial charge in [0.1, 0.15) is 5.82 Å². The summed E-state index contributed by atoms with van der Waals surface area (Å²) >= 11 is 0. The van der Waals surface area contributed by atoms with Crippen molar-refractivity contribution in [1.29, 1.82) is 0 Å². The van der Waals surface area contributed by atoms with Crippen LogP contribution in [0.2, 0.25) is 0 Å². The summed E-state index contributed by atoms with van der Waals surface area (Å²) in [6.07, 6.45) is 8.83. The molecule has 0 bridgehead atoms. The number of fused-ring (bicyclic) bond motifs is 1. The molecule has 6 nitrogen and oxygen atoms in total. The summed E-state index contributed by atoms with van der Waals surface area (Å²) in [7, 11) is 3.87. The summed E-state index contributed by atoms with van der Waals surface area (Å²) in [5.41, 5.74) is 0. The molecule has 2 rings (SSSR count). The van der Waals surface area contributed by atoms with Crippen LogP contribution in [0.1, 0.15) is 43.8 Å². The van der Waals surface area contributed by atoms with Gasteiger partial charge in [-0.3, -0.25) is 4.99 Å². The lowest BCUT2D eigenvalue weighted by Gasteiger charge is -2.21. The quantitative estimate of drug-likeness (QED) is 0.378. The zero-order chi connectivity index (χ0) is 15.8. The fraction of sp³-hybridized carbons (Fsp3) is 0.688. The van der Waals surface area contributed by atoms with Gasteiger partial charge in [-0.2, -0.15) is 0 Å². The molecule has 0 saturated carbocycles. The van der Waals surface area contributed by atoms with Crippen molar-refractivity contribution < 1.29 is 0 Å². The Hall–Kier alpha value is -1.85. The highest BCUT2D eigenvalue weighted by molar-refractivity contribution is 5.79. The van der Waals surface area contributed by atoms with E-state index in [1.54, 1.807) is 0 Å². The highest BCUT2D eigenvalue weighted by Gasteiger charge is 2.15. The molecule has 2 heterocycles. The molecule has 0 aromatic carbocycles. The van der Waals surface area contributed by atoms with Gasteiger partial charge in [-0.05, 0) is 25.7 Å². The molecule has 0 fully saturated rings. The van der Waals surface area contributed by atoms with Crippen LogP contribution in [0.25, 0.3) is 0 Å². The number of allylic oxidation sites excluding steroid dienone is 1. The van der Waals surface area contributed by atoms with E-state index in [0.29, 0.717) is 6.54 Å². The van der Waals surface area contributed by atoms with Crippen LogP contribution in [0.3, 0.4) is 0 Å². The van der Waals surface area contributed by atoms with Crippen LogP contribution < -0.4 is 5.32 Å². The third-order valence-electron chi connectivity index (χ3n) is 4.07. The minimum atomic E-state index is 0.672. The number of hydrogen-bond acceptors (Lipinski definition) is 3. The van der Waals surface area contributed by atoms with Gasteiger partial charge in [0.05, 0.1) is 6.54 Å².